The molecule has 1 aromatic heterocycles. The van der Waals surface area contributed by atoms with Crippen LogP contribution in [0.5, 0.6) is 5.88 Å². The minimum Gasteiger partial charge on any atom is -0.493 e. The van der Waals surface area contributed by atoms with Gasteiger partial charge in [0.2, 0.25) is 5.88 Å². The van der Waals surface area contributed by atoms with Crippen molar-refractivity contribution in [1.82, 2.24) is 4.98 Å². The van der Waals surface area contributed by atoms with E-state index in [1.54, 1.807) is 0 Å². The second-order valence-corrected chi connectivity index (χ2v) is 4.76. The van der Waals surface area contributed by atoms with Crippen LogP contribution in [0.15, 0.2) is 52.7 Å². The van der Waals surface area contributed by atoms with Crippen molar-refractivity contribution in [3.8, 4) is 5.88 Å². The summed E-state index contributed by atoms with van der Waals surface area (Å²) in [4.78, 5) is 2.61. The predicted molar refractivity (Wildman–Crippen MR) is 75.5 cm³/mol. The van der Waals surface area contributed by atoms with Gasteiger partial charge in [-0.15, -0.1) is 5.11 Å². The number of azo groups is 1. The first-order valence-electron chi connectivity index (χ1n) is 6.44. The Balaban J connectivity index is 1.94. The smallest absolute Gasteiger partial charge is 0.416 e. The Labute approximate surface area is 127 Å². The lowest BCUT2D eigenvalue weighted by Gasteiger charge is -2.05. The molecule has 0 bridgehead atoms. The van der Waals surface area contributed by atoms with E-state index in [0.717, 1.165) is 24.3 Å². The summed E-state index contributed by atoms with van der Waals surface area (Å²) in [6.07, 6.45) is -4.43. The molecule has 1 heterocycles. The third-order valence-corrected chi connectivity index (χ3v) is 3.17. The van der Waals surface area contributed by atoms with Crippen LogP contribution in [0.3, 0.4) is 0 Å². The van der Waals surface area contributed by atoms with Gasteiger partial charge in [-0.1, -0.05) is 0 Å². The van der Waals surface area contributed by atoms with Crippen molar-refractivity contribution < 1.29 is 22.7 Å². The number of H-pyrrole nitrogens is 1. The monoisotopic (exact) mass is 323 g/mol. The number of rotatable bonds is 2. The number of aromatic hydroxyl groups is 1. The fourth-order valence-electron chi connectivity index (χ4n) is 2.06. The molecule has 0 amide bonds. The Morgan fingerprint density at radius 2 is 1.65 bits per heavy atom. The average Bonchev–Trinajstić information content (AvgIpc) is 2.79. The SMILES string of the molecule is Oc1[nH]c2ccc(F)cc2c1N=Nc1ccc(C(F)(F)F)cc1. The maximum atomic E-state index is 13.3. The highest BCUT2D eigenvalue weighted by Gasteiger charge is 2.29. The van der Waals surface area contributed by atoms with Gasteiger partial charge in [-0.2, -0.15) is 18.3 Å². The number of aromatic nitrogens is 1. The van der Waals surface area contributed by atoms with Gasteiger partial charge in [0.1, 0.15) is 5.82 Å². The molecule has 4 nitrogen and oxygen atoms in total. The van der Waals surface area contributed by atoms with Gasteiger partial charge >= 0.3 is 6.18 Å². The molecule has 2 N–H and O–H groups in total. The first kappa shape index (κ1) is 15.0. The predicted octanol–water partition coefficient (Wildman–Crippen LogP) is 5.45. The number of fused-ring (bicyclic) bond motifs is 1. The van der Waals surface area contributed by atoms with Crippen LogP contribution >= 0.6 is 0 Å². The topological polar surface area (TPSA) is 60.7 Å². The standard InChI is InChI=1S/C15H9F4N3O/c16-9-3-6-12-11(7-9)13(14(23)20-12)22-21-10-4-1-8(2-5-10)15(17,18)19/h1-7,20,23H. The van der Waals surface area contributed by atoms with E-state index < -0.39 is 17.6 Å². The molecule has 0 spiro atoms. The summed E-state index contributed by atoms with van der Waals surface area (Å²) in [7, 11) is 0. The second kappa shape index (κ2) is 5.38. The third-order valence-electron chi connectivity index (χ3n) is 3.17. The van der Waals surface area contributed by atoms with Crippen LogP contribution in [0.1, 0.15) is 5.56 Å². The molecule has 0 saturated carbocycles. The second-order valence-electron chi connectivity index (χ2n) is 4.76. The highest BCUT2D eigenvalue weighted by Crippen LogP contribution is 2.37. The molecule has 0 radical (unpaired) electrons. The number of hydrogen-bond donors (Lipinski definition) is 2. The lowest BCUT2D eigenvalue weighted by Crippen LogP contribution is -2.03. The maximum Gasteiger partial charge on any atom is 0.416 e. The molecule has 0 aliphatic carbocycles. The summed E-state index contributed by atoms with van der Waals surface area (Å²) in [6.45, 7) is 0. The summed E-state index contributed by atoms with van der Waals surface area (Å²) < 4.78 is 50.7. The summed E-state index contributed by atoms with van der Waals surface area (Å²) in [5.41, 5.74) is -0.152. The van der Waals surface area contributed by atoms with Crippen LogP contribution in [0.25, 0.3) is 10.9 Å². The van der Waals surface area contributed by atoms with Gasteiger partial charge in [0.05, 0.1) is 16.8 Å². The molecule has 23 heavy (non-hydrogen) atoms. The van der Waals surface area contributed by atoms with E-state index in [1.165, 1.54) is 18.2 Å². The number of nitrogens with one attached hydrogen (secondary N) is 1. The zero-order valence-corrected chi connectivity index (χ0v) is 11.4. The number of aromatic amines is 1. The van der Waals surface area contributed by atoms with Crippen molar-refractivity contribution in [1.29, 1.82) is 0 Å². The normalized spacial score (nSPS) is 12.3. The molecule has 0 fully saturated rings. The van der Waals surface area contributed by atoms with Crippen molar-refractivity contribution in [3.05, 3.63) is 53.8 Å². The van der Waals surface area contributed by atoms with Crippen LogP contribution < -0.4 is 0 Å². The molecule has 3 aromatic rings. The number of alkyl halides is 3. The molecule has 118 valence electrons. The number of benzene rings is 2. The van der Waals surface area contributed by atoms with Gasteiger partial charge in [-0.3, -0.25) is 0 Å². The van der Waals surface area contributed by atoms with Crippen LogP contribution in [0.4, 0.5) is 28.9 Å². The first-order valence-corrected chi connectivity index (χ1v) is 6.44. The van der Waals surface area contributed by atoms with Crippen LogP contribution in [-0.2, 0) is 6.18 Å². The van der Waals surface area contributed by atoms with Crippen LogP contribution in [0, 0.1) is 5.82 Å². The van der Waals surface area contributed by atoms with Crippen LogP contribution in [-0.4, -0.2) is 10.1 Å². The highest BCUT2D eigenvalue weighted by atomic mass is 19.4. The van der Waals surface area contributed by atoms with E-state index in [0.29, 0.717) is 10.9 Å². The fourth-order valence-corrected chi connectivity index (χ4v) is 2.06. The molecule has 3 rings (SSSR count). The Morgan fingerprint density at radius 1 is 0.957 bits per heavy atom. The zero-order chi connectivity index (χ0) is 16.6. The molecule has 0 aliphatic heterocycles. The lowest BCUT2D eigenvalue weighted by atomic mass is 10.2. The van der Waals surface area contributed by atoms with Gasteiger partial charge in [0, 0.05) is 5.39 Å². The van der Waals surface area contributed by atoms with Gasteiger partial charge < -0.3 is 10.1 Å². The van der Waals surface area contributed by atoms with Crippen molar-refractivity contribution in [2.45, 2.75) is 6.18 Å². The number of halogens is 4. The van der Waals surface area contributed by atoms with Crippen LogP contribution in [0.2, 0.25) is 0 Å². The fraction of sp³-hybridized carbons (Fsp3) is 0.0667. The average molecular weight is 323 g/mol. The van der Waals surface area contributed by atoms with Gasteiger partial charge in [-0.25, -0.2) is 4.39 Å². The number of nitrogens with zero attached hydrogens (tertiary/aromatic N) is 2. The minimum absolute atomic E-state index is 0.0133. The van der Waals surface area contributed by atoms with E-state index in [-0.39, 0.29) is 17.3 Å². The molecule has 0 unspecified atom stereocenters. The lowest BCUT2D eigenvalue weighted by molar-refractivity contribution is -0.137. The van der Waals surface area contributed by atoms with E-state index in [4.69, 9.17) is 0 Å². The Kier molecular flexibility index (Phi) is 3.51. The molecule has 0 atom stereocenters. The van der Waals surface area contributed by atoms with Crippen molar-refractivity contribution in [2.24, 2.45) is 10.2 Å². The van der Waals surface area contributed by atoms with Gasteiger partial charge in [0.15, 0.2) is 5.69 Å². The third kappa shape index (κ3) is 3.01. The van der Waals surface area contributed by atoms with E-state index in [1.807, 2.05) is 0 Å². The van der Waals surface area contributed by atoms with Gasteiger partial charge in [0.25, 0.3) is 0 Å². The maximum absolute atomic E-state index is 13.3. The van der Waals surface area contributed by atoms with E-state index in [2.05, 4.69) is 15.2 Å². The molecule has 0 aliphatic rings. The first-order chi connectivity index (χ1) is 10.8. The van der Waals surface area contributed by atoms with Crippen molar-refractivity contribution in [2.75, 3.05) is 0 Å². The summed E-state index contributed by atoms with van der Waals surface area (Å²) >= 11 is 0. The van der Waals surface area contributed by atoms with Crippen molar-refractivity contribution >= 4 is 22.3 Å². The minimum atomic E-state index is -4.43. The molecule has 2 aromatic carbocycles. The Hall–Kier alpha value is -2.90. The van der Waals surface area contributed by atoms with E-state index in [9.17, 15) is 22.7 Å². The highest BCUT2D eigenvalue weighted by molar-refractivity contribution is 5.94. The summed E-state index contributed by atoms with van der Waals surface area (Å²) in [5.74, 6) is -0.816. The zero-order valence-electron chi connectivity index (χ0n) is 11.4. The largest absolute Gasteiger partial charge is 0.493 e. The molecule has 0 saturated heterocycles. The van der Waals surface area contributed by atoms with E-state index >= 15 is 0 Å². The number of hydrogen-bond acceptors (Lipinski definition) is 3. The molecule has 8 heteroatoms. The molecular formula is C15H9F4N3O. The quantitative estimate of drug-likeness (QED) is 0.478. The van der Waals surface area contributed by atoms with Crippen molar-refractivity contribution in [3.63, 3.8) is 0 Å². The van der Waals surface area contributed by atoms with Gasteiger partial charge in [-0.05, 0) is 42.5 Å². The molecular weight excluding hydrogens is 314 g/mol. The Morgan fingerprint density at radius 3 is 2.30 bits per heavy atom. The summed E-state index contributed by atoms with van der Waals surface area (Å²) in [5, 5.41) is 17.7. The summed E-state index contributed by atoms with van der Waals surface area (Å²) in [6, 6.07) is 7.88. The Bertz CT molecular complexity index is 882.